The molecular weight excluding hydrogens is 214 g/mol. The van der Waals surface area contributed by atoms with E-state index in [1.165, 1.54) is 17.1 Å². The molecule has 0 saturated heterocycles. The Hall–Kier alpha value is -0.470. The van der Waals surface area contributed by atoms with Crippen LogP contribution in [0.15, 0.2) is 29.2 Å². The lowest BCUT2D eigenvalue weighted by atomic mass is 9.98. The van der Waals surface area contributed by atoms with Crippen LogP contribution < -0.4 is 5.32 Å². The molecule has 1 atom stereocenters. The van der Waals surface area contributed by atoms with E-state index in [2.05, 4.69) is 43.4 Å². The molecule has 0 spiro atoms. The summed E-state index contributed by atoms with van der Waals surface area (Å²) in [6.07, 6.45) is 1.27. The van der Waals surface area contributed by atoms with E-state index in [1.807, 2.05) is 11.8 Å². The minimum atomic E-state index is 0.755. The van der Waals surface area contributed by atoms with E-state index in [-0.39, 0.29) is 0 Å². The lowest BCUT2D eigenvalue weighted by molar-refractivity contribution is 0.527. The van der Waals surface area contributed by atoms with E-state index >= 15 is 0 Å². The minimum absolute atomic E-state index is 0.755. The molecule has 1 aromatic carbocycles. The van der Waals surface area contributed by atoms with Gasteiger partial charge in [0.25, 0.3) is 0 Å². The molecule has 0 aromatic heterocycles. The van der Waals surface area contributed by atoms with Crippen molar-refractivity contribution in [3.63, 3.8) is 0 Å². The predicted octanol–water partition coefficient (Wildman–Crippen LogP) is 3.51. The van der Waals surface area contributed by atoms with Gasteiger partial charge in [0.05, 0.1) is 0 Å². The third-order valence-electron chi connectivity index (χ3n) is 3.02. The van der Waals surface area contributed by atoms with E-state index in [0.717, 1.165) is 24.9 Å². The standard InChI is InChI=1S/C14H21NS/c1-11(2)9-15-8-7-12-10-16-14-6-4-3-5-13(12)14/h3-6,11-12,15H,7-10H2,1-2H3. The fourth-order valence-electron chi connectivity index (χ4n) is 2.14. The Labute approximate surface area is 103 Å². The Morgan fingerprint density at radius 3 is 3.00 bits per heavy atom. The largest absolute Gasteiger partial charge is 0.316 e. The first-order valence-corrected chi connectivity index (χ1v) is 7.18. The van der Waals surface area contributed by atoms with Crippen molar-refractivity contribution in [2.24, 2.45) is 5.92 Å². The first-order valence-electron chi connectivity index (χ1n) is 6.20. The molecule has 1 heterocycles. The van der Waals surface area contributed by atoms with Crippen molar-refractivity contribution < 1.29 is 0 Å². The summed E-state index contributed by atoms with van der Waals surface area (Å²) >= 11 is 2.01. The van der Waals surface area contributed by atoms with Crippen molar-refractivity contribution in [1.82, 2.24) is 5.32 Å². The summed E-state index contributed by atoms with van der Waals surface area (Å²) in [7, 11) is 0. The smallest absolute Gasteiger partial charge is 0.0107 e. The summed E-state index contributed by atoms with van der Waals surface area (Å²) in [4.78, 5) is 1.50. The average molecular weight is 235 g/mol. The molecule has 1 nitrogen and oxygen atoms in total. The molecule has 1 aromatic rings. The second kappa shape index (κ2) is 5.74. The van der Waals surface area contributed by atoms with Gasteiger partial charge in [0.15, 0.2) is 0 Å². The van der Waals surface area contributed by atoms with E-state index in [9.17, 15) is 0 Å². The molecule has 0 radical (unpaired) electrons. The zero-order valence-electron chi connectivity index (χ0n) is 10.2. The SMILES string of the molecule is CC(C)CNCCC1CSc2ccccc21. The van der Waals surface area contributed by atoms with Crippen LogP contribution >= 0.6 is 11.8 Å². The second-order valence-electron chi connectivity index (χ2n) is 4.93. The number of rotatable bonds is 5. The maximum Gasteiger partial charge on any atom is 0.0107 e. The maximum atomic E-state index is 3.53. The molecular formula is C14H21NS. The minimum Gasteiger partial charge on any atom is -0.316 e. The highest BCUT2D eigenvalue weighted by molar-refractivity contribution is 7.99. The van der Waals surface area contributed by atoms with Gasteiger partial charge in [0, 0.05) is 10.6 Å². The van der Waals surface area contributed by atoms with Gasteiger partial charge in [-0.15, -0.1) is 11.8 Å². The Morgan fingerprint density at radius 1 is 1.38 bits per heavy atom. The lowest BCUT2D eigenvalue weighted by Gasteiger charge is -2.12. The summed E-state index contributed by atoms with van der Waals surface area (Å²) < 4.78 is 0. The predicted molar refractivity (Wildman–Crippen MR) is 72.2 cm³/mol. The van der Waals surface area contributed by atoms with Crippen molar-refractivity contribution >= 4 is 11.8 Å². The highest BCUT2D eigenvalue weighted by Crippen LogP contribution is 2.40. The summed E-state index contributed by atoms with van der Waals surface area (Å²) in [5.74, 6) is 2.79. The fraction of sp³-hybridized carbons (Fsp3) is 0.571. The van der Waals surface area contributed by atoms with E-state index in [1.54, 1.807) is 5.56 Å². The zero-order chi connectivity index (χ0) is 11.4. The molecule has 0 aliphatic carbocycles. The van der Waals surface area contributed by atoms with Gasteiger partial charge >= 0.3 is 0 Å². The fourth-order valence-corrected chi connectivity index (χ4v) is 3.44. The van der Waals surface area contributed by atoms with Gasteiger partial charge in [0.2, 0.25) is 0 Å². The molecule has 1 unspecified atom stereocenters. The van der Waals surface area contributed by atoms with Gasteiger partial charge in [-0.3, -0.25) is 0 Å². The third-order valence-corrected chi connectivity index (χ3v) is 4.27. The molecule has 0 fully saturated rings. The van der Waals surface area contributed by atoms with Crippen LogP contribution in [0.3, 0.4) is 0 Å². The summed E-state index contributed by atoms with van der Waals surface area (Å²) in [5.41, 5.74) is 1.57. The van der Waals surface area contributed by atoms with Crippen LogP contribution in [0.4, 0.5) is 0 Å². The van der Waals surface area contributed by atoms with Crippen molar-refractivity contribution in [3.8, 4) is 0 Å². The second-order valence-corrected chi connectivity index (χ2v) is 5.99. The first-order chi connectivity index (χ1) is 7.77. The van der Waals surface area contributed by atoms with Gasteiger partial charge in [-0.2, -0.15) is 0 Å². The van der Waals surface area contributed by atoms with Crippen LogP contribution in [0.2, 0.25) is 0 Å². The van der Waals surface area contributed by atoms with Crippen LogP contribution in [-0.4, -0.2) is 18.8 Å². The lowest BCUT2D eigenvalue weighted by Crippen LogP contribution is -2.22. The number of benzene rings is 1. The highest BCUT2D eigenvalue weighted by atomic mass is 32.2. The maximum absolute atomic E-state index is 3.53. The van der Waals surface area contributed by atoms with Gasteiger partial charge in [0.1, 0.15) is 0 Å². The molecule has 88 valence electrons. The van der Waals surface area contributed by atoms with Gasteiger partial charge in [-0.05, 0) is 43.0 Å². The van der Waals surface area contributed by atoms with Crippen LogP contribution in [0.25, 0.3) is 0 Å². The quantitative estimate of drug-likeness (QED) is 0.784. The van der Waals surface area contributed by atoms with Gasteiger partial charge < -0.3 is 5.32 Å². The first kappa shape index (κ1) is 12.0. The molecule has 2 heteroatoms. The Balaban J connectivity index is 1.80. The van der Waals surface area contributed by atoms with Crippen LogP contribution in [0, 0.1) is 5.92 Å². The number of thioether (sulfide) groups is 1. The molecule has 1 N–H and O–H groups in total. The van der Waals surface area contributed by atoms with Crippen molar-refractivity contribution in [2.45, 2.75) is 31.1 Å². The average Bonchev–Trinajstić information content (AvgIpc) is 2.68. The van der Waals surface area contributed by atoms with Crippen molar-refractivity contribution in [3.05, 3.63) is 29.8 Å². The number of nitrogens with one attached hydrogen (secondary N) is 1. The van der Waals surface area contributed by atoms with E-state index in [0.29, 0.717) is 0 Å². The highest BCUT2D eigenvalue weighted by Gasteiger charge is 2.21. The summed E-state index contributed by atoms with van der Waals surface area (Å²) in [6, 6.07) is 8.86. The van der Waals surface area contributed by atoms with E-state index in [4.69, 9.17) is 0 Å². The zero-order valence-corrected chi connectivity index (χ0v) is 11.0. The molecule has 2 rings (SSSR count). The summed E-state index contributed by atoms with van der Waals surface area (Å²) in [5, 5.41) is 3.53. The molecule has 0 saturated carbocycles. The molecule has 16 heavy (non-hydrogen) atoms. The summed E-state index contributed by atoms with van der Waals surface area (Å²) in [6.45, 7) is 6.81. The normalized spacial score (nSPS) is 19.1. The van der Waals surface area contributed by atoms with Crippen LogP contribution in [0.1, 0.15) is 31.7 Å². The van der Waals surface area contributed by atoms with Gasteiger partial charge in [-0.1, -0.05) is 32.0 Å². The van der Waals surface area contributed by atoms with Crippen molar-refractivity contribution in [1.29, 1.82) is 0 Å². The molecule has 1 aliphatic rings. The van der Waals surface area contributed by atoms with Crippen molar-refractivity contribution in [2.75, 3.05) is 18.8 Å². The van der Waals surface area contributed by atoms with E-state index < -0.39 is 0 Å². The molecule has 1 aliphatic heterocycles. The molecule has 0 bridgehead atoms. The number of hydrogen-bond donors (Lipinski definition) is 1. The Kier molecular flexibility index (Phi) is 4.30. The number of hydrogen-bond acceptors (Lipinski definition) is 2. The monoisotopic (exact) mass is 235 g/mol. The third kappa shape index (κ3) is 3.02. The molecule has 0 amide bonds. The Morgan fingerprint density at radius 2 is 2.19 bits per heavy atom. The van der Waals surface area contributed by atoms with Crippen LogP contribution in [0.5, 0.6) is 0 Å². The van der Waals surface area contributed by atoms with Gasteiger partial charge in [-0.25, -0.2) is 0 Å². The number of fused-ring (bicyclic) bond motifs is 1. The Bertz CT molecular complexity index is 335. The van der Waals surface area contributed by atoms with Crippen LogP contribution in [-0.2, 0) is 0 Å². The topological polar surface area (TPSA) is 12.0 Å².